The van der Waals surface area contributed by atoms with E-state index in [9.17, 15) is 13.2 Å². The molecule has 0 bridgehead atoms. The van der Waals surface area contributed by atoms with Crippen molar-refractivity contribution in [3.8, 4) is 5.75 Å². The van der Waals surface area contributed by atoms with Gasteiger partial charge in [0.2, 0.25) is 15.6 Å². The van der Waals surface area contributed by atoms with E-state index in [1.54, 1.807) is 65.6 Å². The molecule has 0 N–H and O–H groups in total. The molecule has 1 aliphatic rings. The van der Waals surface area contributed by atoms with Crippen molar-refractivity contribution in [3.05, 3.63) is 94.0 Å². The smallest absolute Gasteiger partial charge is 0.214 e. The van der Waals surface area contributed by atoms with Crippen LogP contribution in [0.5, 0.6) is 5.75 Å². The number of allylic oxidation sites excluding steroid dienone is 1. The monoisotopic (exact) mass is 439 g/mol. The first kappa shape index (κ1) is 20.2. The number of hydrogen-bond donors (Lipinski definition) is 0. The number of hydrogen-bond acceptors (Lipinski definition) is 5. The molecule has 0 unspecified atom stereocenters. The molecule has 0 radical (unpaired) electrons. The summed E-state index contributed by atoms with van der Waals surface area (Å²) in [5, 5.41) is 0.376. The third-order valence-electron chi connectivity index (χ3n) is 4.90. The van der Waals surface area contributed by atoms with E-state index in [0.717, 1.165) is 5.56 Å². The molecule has 1 heterocycles. The average molecular weight is 440 g/mol. The Bertz CT molecular complexity index is 1280. The van der Waals surface area contributed by atoms with E-state index in [2.05, 4.69) is 0 Å². The van der Waals surface area contributed by atoms with Crippen LogP contribution in [0.4, 0.5) is 11.4 Å². The fraction of sp³-hybridized carbons (Fsp3) is 0.0870. The Labute approximate surface area is 180 Å². The fourth-order valence-electron chi connectivity index (χ4n) is 3.30. The number of carbonyl (C=O) groups excluding carboxylic acids is 1. The third-order valence-corrected chi connectivity index (χ3v) is 6.99. The number of para-hydroxylation sites is 1. The number of benzene rings is 3. The van der Waals surface area contributed by atoms with Gasteiger partial charge in [-0.2, -0.15) is 0 Å². The number of sulfone groups is 1. The van der Waals surface area contributed by atoms with Gasteiger partial charge in [-0.15, -0.1) is 0 Å². The van der Waals surface area contributed by atoms with Gasteiger partial charge in [-0.05, 0) is 37.3 Å². The highest BCUT2D eigenvalue weighted by Crippen LogP contribution is 2.41. The largest absolute Gasteiger partial charge is 0.495 e. The van der Waals surface area contributed by atoms with Crippen LogP contribution in [0.25, 0.3) is 0 Å². The highest BCUT2D eigenvalue weighted by atomic mass is 35.5. The normalized spacial score (nSPS) is 14.6. The molecule has 1 aliphatic heterocycles. The van der Waals surface area contributed by atoms with Crippen LogP contribution >= 0.6 is 11.6 Å². The highest BCUT2D eigenvalue weighted by molar-refractivity contribution is 7.96. The predicted molar refractivity (Wildman–Crippen MR) is 117 cm³/mol. The standard InChI is InChI=1S/C23H18ClNO4S/c1-15-7-9-16(10-8-15)23(26)22-14-25(17-11-12-20(29-2)18(24)13-17)19-5-3-4-6-21(19)30(22,27)28/h3-14H,1-2H3. The van der Waals surface area contributed by atoms with Crippen molar-refractivity contribution in [2.75, 3.05) is 12.0 Å². The maximum absolute atomic E-state index is 13.3. The summed E-state index contributed by atoms with van der Waals surface area (Å²) in [6.45, 7) is 1.90. The molecule has 0 atom stereocenters. The second kappa shape index (κ2) is 7.63. The second-order valence-corrected chi connectivity index (χ2v) is 9.14. The first-order chi connectivity index (χ1) is 14.3. The molecule has 0 aromatic heterocycles. The van der Waals surface area contributed by atoms with Crippen molar-refractivity contribution in [1.82, 2.24) is 0 Å². The van der Waals surface area contributed by atoms with Gasteiger partial charge in [-0.3, -0.25) is 4.79 Å². The molecular formula is C23H18ClNO4S. The van der Waals surface area contributed by atoms with Gasteiger partial charge in [-0.1, -0.05) is 53.6 Å². The Morgan fingerprint density at radius 3 is 2.37 bits per heavy atom. The van der Waals surface area contributed by atoms with Crippen LogP contribution in [-0.2, 0) is 9.84 Å². The van der Waals surface area contributed by atoms with E-state index < -0.39 is 15.6 Å². The van der Waals surface area contributed by atoms with Gasteiger partial charge < -0.3 is 9.64 Å². The van der Waals surface area contributed by atoms with E-state index in [-0.39, 0.29) is 9.80 Å². The number of ether oxygens (including phenoxy) is 1. The minimum Gasteiger partial charge on any atom is -0.495 e. The van der Waals surface area contributed by atoms with Gasteiger partial charge in [0.1, 0.15) is 10.7 Å². The van der Waals surface area contributed by atoms with Crippen molar-refractivity contribution in [1.29, 1.82) is 0 Å². The van der Waals surface area contributed by atoms with E-state index in [1.807, 2.05) is 6.92 Å². The Hall–Kier alpha value is -3.09. The average Bonchev–Trinajstić information content (AvgIpc) is 2.74. The molecular weight excluding hydrogens is 422 g/mol. The van der Waals surface area contributed by atoms with Gasteiger partial charge in [0.05, 0.1) is 22.7 Å². The summed E-state index contributed by atoms with van der Waals surface area (Å²) in [5.41, 5.74) is 2.34. The van der Waals surface area contributed by atoms with Gasteiger partial charge in [0, 0.05) is 17.5 Å². The van der Waals surface area contributed by atoms with Crippen molar-refractivity contribution < 1.29 is 17.9 Å². The van der Waals surface area contributed by atoms with Crippen molar-refractivity contribution >= 4 is 38.6 Å². The molecule has 3 aromatic carbocycles. The van der Waals surface area contributed by atoms with Gasteiger partial charge in [-0.25, -0.2) is 8.42 Å². The van der Waals surface area contributed by atoms with Crippen LogP contribution in [0.15, 0.2) is 82.7 Å². The SMILES string of the molecule is COc1ccc(N2C=C(C(=O)c3ccc(C)cc3)S(=O)(=O)c3ccccc32)cc1Cl. The molecule has 7 heteroatoms. The zero-order valence-electron chi connectivity index (χ0n) is 16.3. The lowest BCUT2D eigenvalue weighted by Crippen LogP contribution is -2.25. The number of rotatable bonds is 4. The number of Topliss-reactive ketones (excluding diaryl/α,β-unsaturated/α-hetero) is 1. The molecule has 30 heavy (non-hydrogen) atoms. The summed E-state index contributed by atoms with van der Waals surface area (Å²) >= 11 is 6.28. The summed E-state index contributed by atoms with van der Waals surface area (Å²) in [4.78, 5) is 14.6. The van der Waals surface area contributed by atoms with Gasteiger partial charge in [0.25, 0.3) is 0 Å². The van der Waals surface area contributed by atoms with Crippen LogP contribution in [0.3, 0.4) is 0 Å². The van der Waals surface area contributed by atoms with Crippen molar-refractivity contribution in [2.24, 2.45) is 0 Å². The molecule has 0 aliphatic carbocycles. The third kappa shape index (κ3) is 3.38. The first-order valence-electron chi connectivity index (χ1n) is 9.13. The summed E-state index contributed by atoms with van der Waals surface area (Å²) in [5.74, 6) is -0.0626. The first-order valence-corrected chi connectivity index (χ1v) is 11.0. The molecule has 0 saturated heterocycles. The Balaban J connectivity index is 1.90. The van der Waals surface area contributed by atoms with Crippen LogP contribution in [0, 0.1) is 6.92 Å². The van der Waals surface area contributed by atoms with Crippen LogP contribution in [-0.4, -0.2) is 21.3 Å². The fourth-order valence-corrected chi connectivity index (χ4v) is 5.10. The molecule has 5 nitrogen and oxygen atoms in total. The summed E-state index contributed by atoms with van der Waals surface area (Å²) < 4.78 is 31.7. The van der Waals surface area contributed by atoms with E-state index in [0.29, 0.717) is 27.7 Å². The number of ketones is 1. The maximum atomic E-state index is 13.3. The molecule has 0 fully saturated rings. The second-order valence-electron chi connectivity index (χ2n) is 6.85. The molecule has 0 saturated carbocycles. The quantitative estimate of drug-likeness (QED) is 0.515. The molecule has 4 rings (SSSR count). The number of halogens is 1. The minimum atomic E-state index is -3.99. The van der Waals surface area contributed by atoms with E-state index in [4.69, 9.17) is 16.3 Å². The van der Waals surface area contributed by atoms with Crippen LogP contribution in [0.2, 0.25) is 5.02 Å². The maximum Gasteiger partial charge on any atom is 0.214 e. The molecule has 0 amide bonds. The van der Waals surface area contributed by atoms with Crippen molar-refractivity contribution in [3.63, 3.8) is 0 Å². The van der Waals surface area contributed by atoms with E-state index >= 15 is 0 Å². The van der Waals surface area contributed by atoms with Crippen LogP contribution in [0.1, 0.15) is 15.9 Å². The zero-order chi connectivity index (χ0) is 21.5. The zero-order valence-corrected chi connectivity index (χ0v) is 17.9. The number of methoxy groups -OCH3 is 1. The minimum absolute atomic E-state index is 0.0647. The highest BCUT2D eigenvalue weighted by Gasteiger charge is 2.36. The number of carbonyl (C=O) groups is 1. The molecule has 0 spiro atoms. The summed E-state index contributed by atoms with van der Waals surface area (Å²) in [6, 6.07) is 18.5. The van der Waals surface area contributed by atoms with Gasteiger partial charge in [0.15, 0.2) is 0 Å². The van der Waals surface area contributed by atoms with Crippen LogP contribution < -0.4 is 9.64 Å². The topological polar surface area (TPSA) is 63.7 Å². The Kier molecular flexibility index (Phi) is 5.13. The lowest BCUT2D eigenvalue weighted by atomic mass is 10.1. The van der Waals surface area contributed by atoms with Crippen molar-refractivity contribution in [2.45, 2.75) is 11.8 Å². The van der Waals surface area contributed by atoms with E-state index in [1.165, 1.54) is 19.4 Å². The predicted octanol–water partition coefficient (Wildman–Crippen LogP) is 5.31. The molecule has 152 valence electrons. The number of fused-ring (bicyclic) bond motifs is 1. The summed E-state index contributed by atoms with van der Waals surface area (Å²) in [7, 11) is -2.48. The Morgan fingerprint density at radius 2 is 1.70 bits per heavy atom. The number of nitrogens with zero attached hydrogens (tertiary/aromatic N) is 1. The lowest BCUT2D eigenvalue weighted by molar-refractivity contribution is 0.104. The Morgan fingerprint density at radius 1 is 1.00 bits per heavy atom. The summed E-state index contributed by atoms with van der Waals surface area (Å²) in [6.07, 6.45) is 1.36. The van der Waals surface area contributed by atoms with Gasteiger partial charge >= 0.3 is 0 Å². The number of aryl methyl sites for hydroxylation is 1. The number of anilines is 2. The molecule has 3 aromatic rings. The lowest BCUT2D eigenvalue weighted by Gasteiger charge is -2.29.